The SMILES string of the molecule is CC(C)N(C)c1cccc(NC(=O)N[C@H](C)Cn2cncn2)c1. The van der Waals surface area contributed by atoms with E-state index in [2.05, 4.69) is 39.5 Å². The van der Waals surface area contributed by atoms with Crippen LogP contribution < -0.4 is 15.5 Å². The molecule has 0 saturated heterocycles. The lowest BCUT2D eigenvalue weighted by atomic mass is 10.2. The fraction of sp³-hybridized carbons (Fsp3) is 0.438. The lowest BCUT2D eigenvalue weighted by Gasteiger charge is -2.24. The molecule has 0 saturated carbocycles. The molecule has 0 aliphatic heterocycles. The first-order chi connectivity index (χ1) is 11.0. The molecule has 1 aromatic carbocycles. The molecular formula is C16H24N6O. The number of aromatic nitrogens is 3. The van der Waals surface area contributed by atoms with Crippen molar-refractivity contribution < 1.29 is 4.79 Å². The van der Waals surface area contributed by atoms with E-state index in [1.54, 1.807) is 11.0 Å². The molecule has 1 heterocycles. The van der Waals surface area contributed by atoms with Gasteiger partial charge in [0.25, 0.3) is 0 Å². The lowest BCUT2D eigenvalue weighted by Crippen LogP contribution is -2.38. The van der Waals surface area contributed by atoms with Crippen LogP contribution >= 0.6 is 0 Å². The van der Waals surface area contributed by atoms with E-state index in [9.17, 15) is 4.79 Å². The van der Waals surface area contributed by atoms with E-state index >= 15 is 0 Å². The number of nitrogens with zero attached hydrogens (tertiary/aromatic N) is 4. The largest absolute Gasteiger partial charge is 0.372 e. The van der Waals surface area contributed by atoms with Gasteiger partial charge in [0.2, 0.25) is 0 Å². The van der Waals surface area contributed by atoms with E-state index in [1.807, 2.05) is 38.2 Å². The third-order valence-electron chi connectivity index (χ3n) is 3.59. The topological polar surface area (TPSA) is 75.1 Å². The molecule has 0 fully saturated rings. The molecule has 1 aromatic heterocycles. The van der Waals surface area contributed by atoms with E-state index in [1.165, 1.54) is 6.33 Å². The van der Waals surface area contributed by atoms with Crippen molar-refractivity contribution >= 4 is 17.4 Å². The smallest absolute Gasteiger partial charge is 0.319 e. The third kappa shape index (κ3) is 4.98. The van der Waals surface area contributed by atoms with Crippen LogP contribution in [-0.4, -0.2) is 39.9 Å². The second-order valence-corrected chi connectivity index (χ2v) is 5.87. The van der Waals surface area contributed by atoms with Gasteiger partial charge >= 0.3 is 6.03 Å². The number of amides is 2. The zero-order valence-corrected chi connectivity index (χ0v) is 14.0. The molecule has 0 spiro atoms. The number of carbonyl (C=O) groups is 1. The summed E-state index contributed by atoms with van der Waals surface area (Å²) in [5.41, 5.74) is 1.83. The maximum Gasteiger partial charge on any atom is 0.319 e. The molecule has 1 atom stereocenters. The van der Waals surface area contributed by atoms with E-state index in [0.29, 0.717) is 12.6 Å². The number of urea groups is 1. The fourth-order valence-corrected chi connectivity index (χ4v) is 2.15. The van der Waals surface area contributed by atoms with Crippen molar-refractivity contribution in [2.75, 3.05) is 17.3 Å². The van der Waals surface area contributed by atoms with Gasteiger partial charge in [0.05, 0.1) is 6.54 Å². The van der Waals surface area contributed by atoms with E-state index < -0.39 is 0 Å². The average Bonchev–Trinajstić information content (AvgIpc) is 2.99. The van der Waals surface area contributed by atoms with Crippen LogP contribution in [0.5, 0.6) is 0 Å². The van der Waals surface area contributed by atoms with Crippen molar-refractivity contribution in [2.45, 2.75) is 39.4 Å². The minimum absolute atomic E-state index is 0.0572. The highest BCUT2D eigenvalue weighted by molar-refractivity contribution is 5.90. The van der Waals surface area contributed by atoms with Crippen molar-refractivity contribution in [3.8, 4) is 0 Å². The molecule has 0 radical (unpaired) electrons. The summed E-state index contributed by atoms with van der Waals surface area (Å²) in [4.78, 5) is 18.1. The molecule has 23 heavy (non-hydrogen) atoms. The highest BCUT2D eigenvalue weighted by Crippen LogP contribution is 2.19. The Labute approximate surface area is 136 Å². The summed E-state index contributed by atoms with van der Waals surface area (Å²) in [6, 6.07) is 7.89. The van der Waals surface area contributed by atoms with Crippen LogP contribution in [0.4, 0.5) is 16.2 Å². The first-order valence-electron chi connectivity index (χ1n) is 7.68. The summed E-state index contributed by atoms with van der Waals surface area (Å²) in [6.07, 6.45) is 3.10. The molecule has 7 nitrogen and oxygen atoms in total. The van der Waals surface area contributed by atoms with Crippen LogP contribution in [0.1, 0.15) is 20.8 Å². The Balaban J connectivity index is 1.91. The van der Waals surface area contributed by atoms with Gasteiger partial charge in [-0.3, -0.25) is 4.68 Å². The summed E-state index contributed by atoms with van der Waals surface area (Å²) in [5, 5.41) is 9.77. The van der Waals surface area contributed by atoms with Crippen LogP contribution in [0.25, 0.3) is 0 Å². The van der Waals surface area contributed by atoms with Crippen LogP contribution in [0, 0.1) is 0 Å². The van der Waals surface area contributed by atoms with Crippen molar-refractivity contribution in [1.82, 2.24) is 20.1 Å². The van der Waals surface area contributed by atoms with Crippen molar-refractivity contribution in [3.05, 3.63) is 36.9 Å². The average molecular weight is 316 g/mol. The number of nitrogens with one attached hydrogen (secondary N) is 2. The van der Waals surface area contributed by atoms with E-state index in [-0.39, 0.29) is 12.1 Å². The lowest BCUT2D eigenvalue weighted by molar-refractivity contribution is 0.247. The summed E-state index contributed by atoms with van der Waals surface area (Å²) in [6.45, 7) is 6.74. The molecule has 7 heteroatoms. The summed E-state index contributed by atoms with van der Waals surface area (Å²) < 4.78 is 1.68. The standard InChI is InChI=1S/C16H24N6O/c1-12(2)21(4)15-7-5-6-14(8-15)20-16(23)19-13(3)9-22-11-17-10-18-22/h5-8,10-13H,9H2,1-4H3,(H2,19,20,23)/t13-/m1/s1. The molecule has 2 amide bonds. The van der Waals surface area contributed by atoms with E-state index in [4.69, 9.17) is 0 Å². The molecule has 124 valence electrons. The Morgan fingerprint density at radius 1 is 1.35 bits per heavy atom. The van der Waals surface area contributed by atoms with Gasteiger partial charge in [-0.15, -0.1) is 0 Å². The van der Waals surface area contributed by atoms with Gasteiger partial charge in [-0.1, -0.05) is 6.07 Å². The van der Waals surface area contributed by atoms with Gasteiger partial charge in [-0.05, 0) is 39.0 Å². The Bertz CT molecular complexity index is 625. The number of anilines is 2. The zero-order valence-electron chi connectivity index (χ0n) is 14.0. The fourth-order valence-electron chi connectivity index (χ4n) is 2.15. The van der Waals surface area contributed by atoms with Crippen LogP contribution in [0.2, 0.25) is 0 Å². The monoisotopic (exact) mass is 316 g/mol. The zero-order chi connectivity index (χ0) is 16.8. The van der Waals surface area contributed by atoms with Gasteiger partial charge in [0.1, 0.15) is 12.7 Å². The predicted octanol–water partition coefficient (Wildman–Crippen LogP) is 2.33. The Hall–Kier alpha value is -2.57. The van der Waals surface area contributed by atoms with Crippen LogP contribution in [-0.2, 0) is 6.54 Å². The van der Waals surface area contributed by atoms with Gasteiger partial charge < -0.3 is 15.5 Å². The third-order valence-corrected chi connectivity index (χ3v) is 3.59. The highest BCUT2D eigenvalue weighted by atomic mass is 16.2. The first kappa shape index (κ1) is 16.8. The van der Waals surface area contributed by atoms with Gasteiger partial charge in [0, 0.05) is 30.5 Å². The summed E-state index contributed by atoms with van der Waals surface area (Å²) in [7, 11) is 2.03. The second kappa shape index (κ2) is 7.62. The van der Waals surface area contributed by atoms with Crippen molar-refractivity contribution in [1.29, 1.82) is 0 Å². The van der Waals surface area contributed by atoms with Gasteiger partial charge in [-0.25, -0.2) is 9.78 Å². The number of carbonyl (C=O) groups excluding carboxylic acids is 1. The maximum atomic E-state index is 12.1. The molecule has 0 bridgehead atoms. The predicted molar refractivity (Wildman–Crippen MR) is 91.6 cm³/mol. The van der Waals surface area contributed by atoms with E-state index in [0.717, 1.165) is 11.4 Å². The second-order valence-electron chi connectivity index (χ2n) is 5.87. The van der Waals surface area contributed by atoms with Gasteiger partial charge in [-0.2, -0.15) is 5.10 Å². The van der Waals surface area contributed by atoms with Crippen LogP contribution in [0.3, 0.4) is 0 Å². The Kier molecular flexibility index (Phi) is 5.56. The van der Waals surface area contributed by atoms with Crippen LogP contribution in [0.15, 0.2) is 36.9 Å². The van der Waals surface area contributed by atoms with Crippen molar-refractivity contribution in [3.63, 3.8) is 0 Å². The van der Waals surface area contributed by atoms with Gasteiger partial charge in [0.15, 0.2) is 0 Å². The molecule has 0 aliphatic carbocycles. The summed E-state index contributed by atoms with van der Waals surface area (Å²) in [5.74, 6) is 0. The Morgan fingerprint density at radius 2 is 2.13 bits per heavy atom. The molecule has 2 N–H and O–H groups in total. The number of hydrogen-bond donors (Lipinski definition) is 2. The molecule has 0 unspecified atom stereocenters. The minimum Gasteiger partial charge on any atom is -0.372 e. The molecule has 2 rings (SSSR count). The summed E-state index contributed by atoms with van der Waals surface area (Å²) >= 11 is 0. The Morgan fingerprint density at radius 3 is 2.78 bits per heavy atom. The first-order valence-corrected chi connectivity index (χ1v) is 7.68. The molecular weight excluding hydrogens is 292 g/mol. The number of hydrogen-bond acceptors (Lipinski definition) is 4. The highest BCUT2D eigenvalue weighted by Gasteiger charge is 2.10. The quantitative estimate of drug-likeness (QED) is 0.858. The number of benzene rings is 1. The molecule has 0 aliphatic rings. The normalized spacial score (nSPS) is 12.0. The minimum atomic E-state index is -0.234. The maximum absolute atomic E-state index is 12.1. The number of rotatable bonds is 6. The molecule has 2 aromatic rings. The van der Waals surface area contributed by atoms with Crippen molar-refractivity contribution in [2.24, 2.45) is 0 Å².